The van der Waals surface area contributed by atoms with Crippen molar-refractivity contribution < 1.29 is 13.2 Å². The largest absolute Gasteiger partial charge is 0.398 e. The quantitative estimate of drug-likeness (QED) is 0.770. The molecule has 19 heavy (non-hydrogen) atoms. The summed E-state index contributed by atoms with van der Waals surface area (Å²) in [5.41, 5.74) is 11.1. The summed E-state index contributed by atoms with van der Waals surface area (Å²) >= 11 is 3.19. The zero-order chi connectivity index (χ0) is 14.8. The van der Waals surface area contributed by atoms with Crippen molar-refractivity contribution >= 4 is 37.5 Å². The molecule has 106 valence electrons. The molecule has 0 saturated heterocycles. The first-order valence-corrected chi connectivity index (χ1v) is 7.74. The van der Waals surface area contributed by atoms with Gasteiger partial charge >= 0.3 is 0 Å². The van der Waals surface area contributed by atoms with Crippen molar-refractivity contribution in [1.29, 1.82) is 0 Å². The molecule has 0 bridgehead atoms. The third kappa shape index (κ3) is 3.68. The Labute approximate surface area is 120 Å². The van der Waals surface area contributed by atoms with E-state index in [4.69, 9.17) is 11.5 Å². The Hall–Kier alpha value is -1.12. The van der Waals surface area contributed by atoms with Crippen molar-refractivity contribution in [3.8, 4) is 0 Å². The van der Waals surface area contributed by atoms with Crippen LogP contribution >= 0.6 is 15.9 Å². The van der Waals surface area contributed by atoms with Crippen molar-refractivity contribution in [1.82, 2.24) is 4.31 Å². The zero-order valence-corrected chi connectivity index (χ0v) is 13.0. The van der Waals surface area contributed by atoms with Crippen molar-refractivity contribution in [2.24, 2.45) is 5.73 Å². The first kappa shape index (κ1) is 15.9. The number of nitrogens with two attached hydrogens (primary N) is 2. The molecule has 4 N–H and O–H groups in total. The van der Waals surface area contributed by atoms with Gasteiger partial charge in [0.25, 0.3) is 0 Å². The highest BCUT2D eigenvalue weighted by molar-refractivity contribution is 9.10. The second-order valence-electron chi connectivity index (χ2n) is 4.29. The third-order valence-electron chi connectivity index (χ3n) is 2.46. The highest BCUT2D eigenvalue weighted by Crippen LogP contribution is 2.25. The minimum absolute atomic E-state index is 0.0307. The molecule has 0 aliphatic carbocycles. The fourth-order valence-corrected chi connectivity index (χ4v) is 3.40. The number of halogens is 1. The number of nitrogens with zero attached hydrogens (tertiary/aromatic N) is 1. The lowest BCUT2D eigenvalue weighted by molar-refractivity contribution is -0.118. The van der Waals surface area contributed by atoms with E-state index in [0.29, 0.717) is 10.2 Å². The molecule has 8 heteroatoms. The fraction of sp³-hybridized carbons (Fsp3) is 0.364. The van der Waals surface area contributed by atoms with Gasteiger partial charge in [-0.15, -0.1) is 0 Å². The van der Waals surface area contributed by atoms with Crippen molar-refractivity contribution in [2.75, 3.05) is 12.3 Å². The van der Waals surface area contributed by atoms with Crippen LogP contribution in [0.15, 0.2) is 27.6 Å². The lowest BCUT2D eigenvalue weighted by Crippen LogP contribution is -2.42. The minimum Gasteiger partial charge on any atom is -0.398 e. The number of anilines is 1. The smallest absolute Gasteiger partial charge is 0.243 e. The van der Waals surface area contributed by atoms with Crippen LogP contribution < -0.4 is 11.5 Å². The van der Waals surface area contributed by atoms with Crippen molar-refractivity contribution in [2.45, 2.75) is 24.8 Å². The lowest BCUT2D eigenvalue weighted by Gasteiger charge is -2.24. The summed E-state index contributed by atoms with van der Waals surface area (Å²) in [6, 6.07) is 3.93. The van der Waals surface area contributed by atoms with E-state index in [9.17, 15) is 13.2 Å². The van der Waals surface area contributed by atoms with Crippen LogP contribution in [0.2, 0.25) is 0 Å². The van der Waals surface area contributed by atoms with E-state index >= 15 is 0 Å². The molecule has 6 nitrogen and oxygen atoms in total. The molecule has 1 aromatic rings. The summed E-state index contributed by atoms with van der Waals surface area (Å²) in [5, 5.41) is 0. The van der Waals surface area contributed by atoms with Crippen molar-refractivity contribution in [3.05, 3.63) is 22.7 Å². The van der Waals surface area contributed by atoms with Gasteiger partial charge in [-0.3, -0.25) is 4.79 Å². The number of rotatable bonds is 5. The molecule has 0 heterocycles. The van der Waals surface area contributed by atoms with Crippen LogP contribution in [0.4, 0.5) is 5.69 Å². The van der Waals surface area contributed by atoms with Gasteiger partial charge in [0.15, 0.2) is 0 Å². The summed E-state index contributed by atoms with van der Waals surface area (Å²) in [5.74, 6) is -0.706. The molecule has 1 amide bonds. The first-order chi connectivity index (χ1) is 8.66. The highest BCUT2D eigenvalue weighted by atomic mass is 79.9. The number of primary amides is 1. The Balaban J connectivity index is 3.26. The maximum atomic E-state index is 12.4. The van der Waals surface area contributed by atoms with Gasteiger partial charge in [0.05, 0.1) is 11.4 Å². The van der Waals surface area contributed by atoms with E-state index in [1.54, 1.807) is 19.9 Å². The molecule has 0 aliphatic rings. The molecule has 0 radical (unpaired) electrons. The summed E-state index contributed by atoms with van der Waals surface area (Å²) in [7, 11) is -3.80. The summed E-state index contributed by atoms with van der Waals surface area (Å²) < 4.78 is 26.5. The van der Waals surface area contributed by atoms with Gasteiger partial charge in [-0.2, -0.15) is 4.31 Å². The number of carbonyl (C=O) groups is 1. The molecule has 0 unspecified atom stereocenters. The molecule has 1 rings (SSSR count). The number of nitrogen functional groups attached to an aromatic ring is 1. The summed E-state index contributed by atoms with van der Waals surface area (Å²) in [6.07, 6.45) is 0. The number of amides is 1. The van der Waals surface area contributed by atoms with Gasteiger partial charge in [-0.25, -0.2) is 8.42 Å². The van der Waals surface area contributed by atoms with Crippen LogP contribution in [0.3, 0.4) is 0 Å². The number of hydrogen-bond acceptors (Lipinski definition) is 4. The molecule has 1 aromatic carbocycles. The van der Waals surface area contributed by atoms with E-state index in [-0.39, 0.29) is 17.5 Å². The topological polar surface area (TPSA) is 106 Å². The average molecular weight is 350 g/mol. The van der Waals surface area contributed by atoms with E-state index in [0.717, 1.165) is 4.31 Å². The fourth-order valence-electron chi connectivity index (χ4n) is 1.52. The Bertz CT molecular complexity index is 587. The molecular weight excluding hydrogens is 334 g/mol. The van der Waals surface area contributed by atoms with Crippen LogP contribution in [0, 0.1) is 0 Å². The van der Waals surface area contributed by atoms with Crippen LogP contribution in [0.1, 0.15) is 13.8 Å². The summed E-state index contributed by atoms with van der Waals surface area (Å²) in [4.78, 5) is 11.0. The van der Waals surface area contributed by atoms with Crippen molar-refractivity contribution in [3.63, 3.8) is 0 Å². The normalized spacial score (nSPS) is 12.1. The van der Waals surface area contributed by atoms with Crippen LogP contribution in [0.25, 0.3) is 0 Å². The van der Waals surface area contributed by atoms with Crippen LogP contribution in [0.5, 0.6) is 0 Å². The van der Waals surface area contributed by atoms with Gasteiger partial charge < -0.3 is 11.5 Å². The zero-order valence-electron chi connectivity index (χ0n) is 10.6. The molecule has 0 saturated carbocycles. The predicted octanol–water partition coefficient (Wildman–Crippen LogP) is 0.916. The van der Waals surface area contributed by atoms with Crippen LogP contribution in [-0.4, -0.2) is 31.2 Å². The van der Waals surface area contributed by atoms with Gasteiger partial charge in [-0.05, 0) is 48.0 Å². The van der Waals surface area contributed by atoms with Gasteiger partial charge in [0.1, 0.15) is 0 Å². The van der Waals surface area contributed by atoms with Gasteiger partial charge in [0, 0.05) is 16.2 Å². The SMILES string of the molecule is CC(C)N(CC(N)=O)S(=O)(=O)c1ccc(Br)c(N)c1. The second-order valence-corrected chi connectivity index (χ2v) is 7.04. The first-order valence-electron chi connectivity index (χ1n) is 5.51. The molecule has 0 aromatic heterocycles. The highest BCUT2D eigenvalue weighted by Gasteiger charge is 2.28. The van der Waals surface area contributed by atoms with E-state index in [1.165, 1.54) is 12.1 Å². The minimum atomic E-state index is -3.80. The number of carbonyl (C=O) groups excluding carboxylic acids is 1. The molecular formula is C11H16BrN3O3S. The van der Waals surface area contributed by atoms with E-state index in [1.807, 2.05) is 0 Å². The predicted molar refractivity (Wildman–Crippen MR) is 76.8 cm³/mol. The number of hydrogen-bond donors (Lipinski definition) is 2. The number of sulfonamides is 1. The average Bonchev–Trinajstić information content (AvgIpc) is 2.28. The van der Waals surface area contributed by atoms with E-state index in [2.05, 4.69) is 15.9 Å². The van der Waals surface area contributed by atoms with Crippen LogP contribution in [-0.2, 0) is 14.8 Å². The molecule has 0 atom stereocenters. The van der Waals surface area contributed by atoms with E-state index < -0.39 is 15.9 Å². The maximum absolute atomic E-state index is 12.4. The Kier molecular flexibility index (Phi) is 4.94. The Morgan fingerprint density at radius 3 is 2.42 bits per heavy atom. The standard InChI is InChI=1S/C11H16BrN3O3S/c1-7(2)15(6-11(14)16)19(17,18)8-3-4-9(12)10(13)5-8/h3-5,7H,6,13H2,1-2H3,(H2,14,16). The molecule has 0 spiro atoms. The Morgan fingerprint density at radius 2 is 2.00 bits per heavy atom. The van der Waals surface area contributed by atoms with Gasteiger partial charge in [-0.1, -0.05) is 0 Å². The molecule has 0 fully saturated rings. The molecule has 0 aliphatic heterocycles. The Morgan fingerprint density at radius 1 is 1.42 bits per heavy atom. The second kappa shape index (κ2) is 5.89. The lowest BCUT2D eigenvalue weighted by atomic mass is 10.3. The van der Waals surface area contributed by atoms with Gasteiger partial charge in [0.2, 0.25) is 15.9 Å². The maximum Gasteiger partial charge on any atom is 0.243 e. The summed E-state index contributed by atoms with van der Waals surface area (Å²) in [6.45, 7) is 2.97. The monoisotopic (exact) mass is 349 g/mol. The number of benzene rings is 1. The third-order valence-corrected chi connectivity index (χ3v) is 5.20.